The summed E-state index contributed by atoms with van der Waals surface area (Å²) in [4.78, 5) is 0. The molecule has 13 rings (SSSR count). The molecule has 0 N–H and O–H groups in total. The lowest BCUT2D eigenvalue weighted by molar-refractivity contribution is 0.588. The van der Waals surface area contributed by atoms with E-state index in [4.69, 9.17) is 0 Å². The quantitative estimate of drug-likeness (QED) is 0.162. The van der Waals surface area contributed by atoms with E-state index in [0.717, 1.165) is 6.42 Å². The molecule has 0 amide bonds. The maximum absolute atomic E-state index is 2.54. The Morgan fingerprint density at radius 3 is 1.56 bits per heavy atom. The molecule has 8 aromatic rings. The summed E-state index contributed by atoms with van der Waals surface area (Å²) in [5.74, 6) is 0. The number of fused-ring (bicyclic) bond motifs is 11. The van der Waals surface area contributed by atoms with Gasteiger partial charge in [-0.2, -0.15) is 0 Å². The molecule has 1 atom stereocenters. The van der Waals surface area contributed by atoms with E-state index in [2.05, 4.69) is 245 Å². The molecule has 5 aliphatic rings. The fourth-order valence-corrected chi connectivity index (χ4v) is 12.1. The van der Waals surface area contributed by atoms with Gasteiger partial charge in [-0.1, -0.05) is 227 Å². The molecule has 0 heteroatoms. The predicted octanol–water partition coefficient (Wildman–Crippen LogP) is 17.1. The van der Waals surface area contributed by atoms with Gasteiger partial charge in [0.05, 0.1) is 5.41 Å². The summed E-state index contributed by atoms with van der Waals surface area (Å²) in [5, 5.41) is 0. The molecular weight excluding hydrogens is 793 g/mol. The third-order valence-corrected chi connectivity index (χ3v) is 14.8. The Hall–Kier alpha value is -7.80. The minimum absolute atomic E-state index is 0.268. The summed E-state index contributed by atoms with van der Waals surface area (Å²) < 4.78 is 0. The largest absolute Gasteiger partial charge is 0.0653 e. The first-order valence-electron chi connectivity index (χ1n) is 23.5. The highest BCUT2D eigenvalue weighted by molar-refractivity contribution is 6.13. The second-order valence-corrected chi connectivity index (χ2v) is 19.5. The maximum Gasteiger partial charge on any atom is 0.0653 e. The van der Waals surface area contributed by atoms with Crippen LogP contribution in [-0.4, -0.2) is 0 Å². The van der Waals surface area contributed by atoms with Gasteiger partial charge in [0.25, 0.3) is 0 Å². The number of rotatable bonds is 5. The Morgan fingerprint density at radius 1 is 0.394 bits per heavy atom. The highest BCUT2D eigenvalue weighted by Crippen LogP contribution is 2.66. The average Bonchev–Trinajstić information content (AvgIpc) is 4.06. The fraction of sp³-hybridized carbons (Fsp3) is 0.0909. The summed E-state index contributed by atoms with van der Waals surface area (Å²) in [7, 11) is 0. The van der Waals surface area contributed by atoms with Crippen molar-refractivity contribution in [2.75, 3.05) is 0 Å². The Kier molecular flexibility index (Phi) is 8.55. The summed E-state index contributed by atoms with van der Waals surface area (Å²) >= 11 is 0. The van der Waals surface area contributed by atoms with Crippen molar-refractivity contribution in [3.63, 3.8) is 0 Å². The lowest BCUT2D eigenvalue weighted by Crippen LogP contribution is -2.30. The summed E-state index contributed by atoms with van der Waals surface area (Å²) in [6, 6.07) is 67.9. The summed E-state index contributed by atoms with van der Waals surface area (Å²) in [5.41, 5.74) is 29.1. The van der Waals surface area contributed by atoms with Crippen molar-refractivity contribution in [2.45, 2.75) is 32.6 Å². The van der Waals surface area contributed by atoms with E-state index < -0.39 is 5.41 Å². The molecular formula is C66H48. The molecule has 0 aromatic heterocycles. The van der Waals surface area contributed by atoms with E-state index >= 15 is 0 Å². The molecule has 0 heterocycles. The van der Waals surface area contributed by atoms with Gasteiger partial charge in [0.2, 0.25) is 0 Å². The number of allylic oxidation sites excluding steroid dienone is 10. The van der Waals surface area contributed by atoms with Crippen LogP contribution in [0.1, 0.15) is 65.3 Å². The lowest BCUT2D eigenvalue weighted by Gasteiger charge is -2.44. The monoisotopic (exact) mass is 840 g/mol. The molecule has 1 spiro atoms. The van der Waals surface area contributed by atoms with E-state index in [1.54, 1.807) is 0 Å². The van der Waals surface area contributed by atoms with Crippen LogP contribution in [0.5, 0.6) is 0 Å². The number of benzene rings is 8. The Balaban J connectivity index is 1.22. The van der Waals surface area contributed by atoms with Crippen LogP contribution < -0.4 is 0 Å². The van der Waals surface area contributed by atoms with Gasteiger partial charge in [-0.15, -0.1) is 0 Å². The second kappa shape index (κ2) is 14.6. The zero-order chi connectivity index (χ0) is 44.1. The van der Waals surface area contributed by atoms with Gasteiger partial charge in [0.15, 0.2) is 0 Å². The highest BCUT2D eigenvalue weighted by atomic mass is 14.5. The molecule has 0 nitrogen and oxygen atoms in total. The van der Waals surface area contributed by atoms with Crippen molar-refractivity contribution in [3.05, 3.63) is 268 Å². The van der Waals surface area contributed by atoms with Gasteiger partial charge in [-0.3, -0.25) is 0 Å². The van der Waals surface area contributed by atoms with Crippen LogP contribution >= 0.6 is 0 Å². The molecule has 0 saturated carbocycles. The smallest absolute Gasteiger partial charge is 0.0651 e. The van der Waals surface area contributed by atoms with Crippen LogP contribution in [0, 0.1) is 5.41 Å². The van der Waals surface area contributed by atoms with Gasteiger partial charge in [0, 0.05) is 0 Å². The van der Waals surface area contributed by atoms with Crippen molar-refractivity contribution in [1.82, 2.24) is 0 Å². The van der Waals surface area contributed by atoms with Crippen molar-refractivity contribution in [2.24, 2.45) is 5.41 Å². The third kappa shape index (κ3) is 5.64. The molecule has 0 bridgehead atoms. The van der Waals surface area contributed by atoms with Crippen LogP contribution in [0.2, 0.25) is 0 Å². The van der Waals surface area contributed by atoms with Crippen LogP contribution in [0.4, 0.5) is 0 Å². The Labute approximate surface area is 388 Å². The standard InChI is InChI=1S/C66H48/c1-65(2,3)64-51(42-20-7-4-8-21-42)33-34-54(62-57-38-45-26-13-18-31-50(45)56(57)41-55(43-22-9-5-10-23-43)61(62)44-24-11-6-12-25-44)63(64)58-36-35-53-49-30-17-15-28-47(49)40-60(53)66(58)37-19-32-52-48-29-16-14-27-46(48)39-59(52)66/h4-37,39-41H,38H2,1-3H3. The second-order valence-electron chi connectivity index (χ2n) is 19.5. The third-order valence-electron chi connectivity index (χ3n) is 14.8. The summed E-state index contributed by atoms with van der Waals surface area (Å²) in [6.45, 7) is 7.28. The van der Waals surface area contributed by atoms with Crippen LogP contribution in [0.15, 0.2) is 224 Å². The molecule has 1 unspecified atom stereocenters. The SMILES string of the molecule is CC(C)(C)c1c(-c2ccccc2)ccc(-c2c3c(cc(-c4ccccc4)c2-c2ccccc2)-c2ccccc2C3)c1C1=CC=C2C(=Cc3ccccc32)C12C=CC=C1C2=Cc2ccccc21. The molecule has 312 valence electrons. The van der Waals surface area contributed by atoms with Gasteiger partial charge in [0.1, 0.15) is 0 Å². The molecule has 0 radical (unpaired) electrons. The van der Waals surface area contributed by atoms with E-state index in [0.29, 0.717) is 0 Å². The number of hydrogen-bond acceptors (Lipinski definition) is 0. The van der Waals surface area contributed by atoms with Crippen molar-refractivity contribution in [1.29, 1.82) is 0 Å². The first-order valence-corrected chi connectivity index (χ1v) is 23.5. The normalized spacial score (nSPS) is 17.1. The van der Waals surface area contributed by atoms with Crippen molar-refractivity contribution < 1.29 is 0 Å². The van der Waals surface area contributed by atoms with E-state index in [-0.39, 0.29) is 5.41 Å². The topological polar surface area (TPSA) is 0 Å². The molecule has 5 aliphatic carbocycles. The van der Waals surface area contributed by atoms with Gasteiger partial charge < -0.3 is 0 Å². The Bertz CT molecular complexity index is 3520. The molecule has 66 heavy (non-hydrogen) atoms. The van der Waals surface area contributed by atoms with Crippen molar-refractivity contribution >= 4 is 28.9 Å². The maximum atomic E-state index is 2.54. The van der Waals surface area contributed by atoms with Gasteiger partial charge in [-0.25, -0.2) is 0 Å². The Morgan fingerprint density at radius 2 is 0.924 bits per heavy atom. The molecule has 0 saturated heterocycles. The number of hydrogen-bond donors (Lipinski definition) is 0. The zero-order valence-corrected chi connectivity index (χ0v) is 37.6. The van der Waals surface area contributed by atoms with Crippen LogP contribution in [0.25, 0.3) is 84.5 Å². The van der Waals surface area contributed by atoms with Gasteiger partial charge >= 0.3 is 0 Å². The molecule has 8 aromatic carbocycles. The van der Waals surface area contributed by atoms with E-state index in [1.807, 2.05) is 0 Å². The van der Waals surface area contributed by atoms with Crippen molar-refractivity contribution in [3.8, 4) is 55.6 Å². The summed E-state index contributed by atoms with van der Waals surface area (Å²) in [6.07, 6.45) is 18.1. The minimum atomic E-state index is -0.605. The van der Waals surface area contributed by atoms with Crippen LogP contribution in [0.3, 0.4) is 0 Å². The van der Waals surface area contributed by atoms with Crippen LogP contribution in [-0.2, 0) is 11.8 Å². The lowest BCUT2D eigenvalue weighted by atomic mass is 9.57. The minimum Gasteiger partial charge on any atom is -0.0651 e. The molecule has 0 fully saturated rings. The van der Waals surface area contributed by atoms with Gasteiger partial charge in [-0.05, 0) is 158 Å². The first kappa shape index (κ1) is 38.6. The zero-order valence-electron chi connectivity index (χ0n) is 37.6. The highest BCUT2D eigenvalue weighted by Gasteiger charge is 2.50. The predicted molar refractivity (Wildman–Crippen MR) is 279 cm³/mol. The van der Waals surface area contributed by atoms with E-state index in [1.165, 1.54) is 128 Å². The fourth-order valence-electron chi connectivity index (χ4n) is 12.1. The molecule has 0 aliphatic heterocycles. The first-order chi connectivity index (χ1) is 32.4. The van der Waals surface area contributed by atoms with E-state index in [9.17, 15) is 0 Å². The average molecular weight is 841 g/mol.